The number of aryl methyl sites for hydroxylation is 1. The van der Waals surface area contributed by atoms with Crippen LogP contribution < -0.4 is 10.5 Å². The van der Waals surface area contributed by atoms with Crippen molar-refractivity contribution >= 4 is 21.7 Å². The molecular formula is C20H22N2O4S. The predicted octanol–water partition coefficient (Wildman–Crippen LogP) is 2.51. The van der Waals surface area contributed by atoms with E-state index >= 15 is 0 Å². The summed E-state index contributed by atoms with van der Waals surface area (Å²) in [5, 5.41) is 8.49. The molecule has 2 aromatic rings. The zero-order valence-electron chi connectivity index (χ0n) is 15.0. The topological polar surface area (TPSA) is 98.5 Å². The van der Waals surface area contributed by atoms with E-state index in [-0.39, 0.29) is 10.5 Å². The zero-order chi connectivity index (χ0) is 19.2. The molecule has 0 spiro atoms. The lowest BCUT2D eigenvalue weighted by Gasteiger charge is -2.13. The zero-order valence-corrected chi connectivity index (χ0v) is 15.8. The van der Waals surface area contributed by atoms with Gasteiger partial charge in [0.2, 0.25) is 10.0 Å². The van der Waals surface area contributed by atoms with Crippen molar-refractivity contribution in [1.82, 2.24) is 0 Å². The Morgan fingerprint density at radius 3 is 2.78 bits per heavy atom. The molecule has 0 aliphatic heterocycles. The number of hydrogen-bond acceptors (Lipinski definition) is 5. The van der Waals surface area contributed by atoms with Crippen molar-refractivity contribution in [3.05, 3.63) is 59.2 Å². The average Bonchev–Trinajstić information content (AvgIpc) is 3.38. The van der Waals surface area contributed by atoms with Gasteiger partial charge in [0.15, 0.2) is 0 Å². The fourth-order valence-electron chi connectivity index (χ4n) is 4.35. The summed E-state index contributed by atoms with van der Waals surface area (Å²) in [6, 6.07) is 12.8. The van der Waals surface area contributed by atoms with Crippen LogP contribution in [0.5, 0.6) is 0 Å². The fraction of sp³-hybridized carbons (Fsp3) is 0.350. The van der Waals surface area contributed by atoms with Crippen LogP contribution in [0.15, 0.2) is 47.4 Å². The van der Waals surface area contributed by atoms with Gasteiger partial charge in [0.05, 0.1) is 17.6 Å². The van der Waals surface area contributed by atoms with Crippen LogP contribution in [0.4, 0.5) is 5.69 Å². The molecule has 7 heteroatoms. The molecule has 1 fully saturated rings. The van der Waals surface area contributed by atoms with E-state index in [1.807, 2.05) is 0 Å². The molecule has 0 bridgehead atoms. The van der Waals surface area contributed by atoms with Crippen molar-refractivity contribution in [2.24, 2.45) is 17.0 Å². The maximum atomic E-state index is 12.1. The summed E-state index contributed by atoms with van der Waals surface area (Å²) < 4.78 is 27.9. The first-order valence-electron chi connectivity index (χ1n) is 8.97. The van der Waals surface area contributed by atoms with Gasteiger partial charge in [-0.05, 0) is 59.9 Å². The lowest BCUT2D eigenvalue weighted by Crippen LogP contribution is -2.16. The number of methoxy groups -OCH3 is 1. The summed E-state index contributed by atoms with van der Waals surface area (Å²) >= 11 is 0. The third-order valence-corrected chi connectivity index (χ3v) is 6.66. The number of ether oxygens (including phenoxy) is 1. The van der Waals surface area contributed by atoms with Gasteiger partial charge >= 0.3 is 5.97 Å². The second-order valence-corrected chi connectivity index (χ2v) is 8.78. The Balaban J connectivity index is 1.53. The van der Waals surface area contributed by atoms with Gasteiger partial charge in [0, 0.05) is 12.2 Å². The van der Waals surface area contributed by atoms with E-state index in [0.717, 1.165) is 13.0 Å². The van der Waals surface area contributed by atoms with Crippen molar-refractivity contribution in [3.63, 3.8) is 0 Å². The SMILES string of the molecule is COC(=O)c1cc(S(N)(=O)=O)ccc1NC[C@@H]1[C@@H]2CCc3ccccc3[C@H]12. The van der Waals surface area contributed by atoms with Crippen molar-refractivity contribution in [2.75, 3.05) is 19.0 Å². The second-order valence-electron chi connectivity index (χ2n) is 7.22. The molecule has 0 radical (unpaired) electrons. The molecule has 3 atom stereocenters. The first-order valence-corrected chi connectivity index (χ1v) is 10.5. The van der Waals surface area contributed by atoms with Crippen LogP contribution in [0, 0.1) is 11.8 Å². The number of carbonyl (C=O) groups excluding carboxylic acids is 1. The minimum atomic E-state index is -3.89. The lowest BCUT2D eigenvalue weighted by atomic mass is 9.92. The van der Waals surface area contributed by atoms with E-state index in [2.05, 4.69) is 29.6 Å². The lowest BCUT2D eigenvalue weighted by molar-refractivity contribution is 0.0601. The van der Waals surface area contributed by atoms with Gasteiger partial charge in [-0.2, -0.15) is 0 Å². The minimum absolute atomic E-state index is 0.109. The molecule has 27 heavy (non-hydrogen) atoms. The third-order valence-electron chi connectivity index (χ3n) is 5.75. The van der Waals surface area contributed by atoms with Gasteiger partial charge in [0.25, 0.3) is 0 Å². The van der Waals surface area contributed by atoms with E-state index in [4.69, 9.17) is 9.88 Å². The van der Waals surface area contributed by atoms with Crippen molar-refractivity contribution in [3.8, 4) is 0 Å². The van der Waals surface area contributed by atoms with Crippen LogP contribution >= 0.6 is 0 Å². The second kappa shape index (κ2) is 6.65. The highest BCUT2D eigenvalue weighted by Crippen LogP contribution is 2.59. The Morgan fingerprint density at radius 1 is 1.26 bits per heavy atom. The molecule has 0 heterocycles. The maximum Gasteiger partial charge on any atom is 0.340 e. The molecule has 2 aliphatic carbocycles. The highest BCUT2D eigenvalue weighted by Gasteiger charge is 2.52. The largest absolute Gasteiger partial charge is 0.465 e. The van der Waals surface area contributed by atoms with Crippen LogP contribution in [0.3, 0.4) is 0 Å². The Hall–Kier alpha value is -2.38. The quantitative estimate of drug-likeness (QED) is 0.770. The normalized spacial score (nSPS) is 23.1. The van der Waals surface area contributed by atoms with Crippen LogP contribution in [-0.2, 0) is 21.2 Å². The van der Waals surface area contributed by atoms with Gasteiger partial charge < -0.3 is 10.1 Å². The molecule has 3 N–H and O–H groups in total. The molecule has 2 aliphatic rings. The maximum absolute atomic E-state index is 12.1. The number of primary sulfonamides is 1. The van der Waals surface area contributed by atoms with Crippen LogP contribution in [0.1, 0.15) is 33.8 Å². The number of benzene rings is 2. The molecule has 0 aromatic heterocycles. The van der Waals surface area contributed by atoms with Crippen molar-refractivity contribution < 1.29 is 17.9 Å². The number of rotatable bonds is 5. The summed E-state index contributed by atoms with van der Waals surface area (Å²) in [6.07, 6.45) is 2.30. The van der Waals surface area contributed by atoms with E-state index in [1.165, 1.54) is 36.8 Å². The Bertz CT molecular complexity index is 1000. The Morgan fingerprint density at radius 2 is 2.04 bits per heavy atom. The number of sulfonamides is 1. The molecule has 0 unspecified atom stereocenters. The smallest absolute Gasteiger partial charge is 0.340 e. The van der Waals surface area contributed by atoms with E-state index in [1.54, 1.807) is 6.07 Å². The summed E-state index contributed by atoms with van der Waals surface area (Å²) in [5.41, 5.74) is 3.62. The van der Waals surface area contributed by atoms with Gasteiger partial charge in [-0.25, -0.2) is 18.4 Å². The highest BCUT2D eigenvalue weighted by atomic mass is 32.2. The molecule has 0 saturated heterocycles. The number of anilines is 1. The van der Waals surface area contributed by atoms with Crippen molar-refractivity contribution in [2.45, 2.75) is 23.7 Å². The molecule has 2 aromatic carbocycles. The average molecular weight is 386 g/mol. The Labute approximate surface area is 158 Å². The number of carbonyl (C=O) groups is 1. The summed E-state index contributed by atoms with van der Waals surface area (Å²) in [7, 11) is -2.62. The van der Waals surface area contributed by atoms with Crippen molar-refractivity contribution in [1.29, 1.82) is 0 Å². The third kappa shape index (κ3) is 3.33. The first kappa shape index (κ1) is 18.0. The number of fused-ring (bicyclic) bond motifs is 3. The highest BCUT2D eigenvalue weighted by molar-refractivity contribution is 7.89. The van der Waals surface area contributed by atoms with E-state index < -0.39 is 16.0 Å². The molecule has 1 saturated carbocycles. The standard InChI is InChI=1S/C20H22N2O4S/c1-26-20(23)16-10-13(27(21,24)25)7-9-18(16)22-11-17-15-8-6-12-4-2-3-5-14(12)19(15)17/h2-5,7,9-10,15,17,19,22H,6,8,11H2,1H3,(H2,21,24,25)/t15-,17+,19-/m0/s1. The van der Waals surface area contributed by atoms with Crippen LogP contribution in [0.25, 0.3) is 0 Å². The monoisotopic (exact) mass is 386 g/mol. The number of nitrogens with two attached hydrogens (primary N) is 1. The number of hydrogen-bond donors (Lipinski definition) is 2. The fourth-order valence-corrected chi connectivity index (χ4v) is 4.89. The van der Waals surface area contributed by atoms with Gasteiger partial charge in [-0.3, -0.25) is 0 Å². The summed E-state index contributed by atoms with van der Waals surface area (Å²) in [6.45, 7) is 0.725. The van der Waals surface area contributed by atoms with E-state index in [0.29, 0.717) is 23.4 Å². The Kier molecular flexibility index (Phi) is 4.44. The van der Waals surface area contributed by atoms with Gasteiger partial charge in [-0.15, -0.1) is 0 Å². The minimum Gasteiger partial charge on any atom is -0.465 e. The molecule has 6 nitrogen and oxygen atoms in total. The predicted molar refractivity (Wildman–Crippen MR) is 102 cm³/mol. The molecule has 142 valence electrons. The first-order chi connectivity index (χ1) is 12.9. The van der Waals surface area contributed by atoms with Gasteiger partial charge in [0.1, 0.15) is 0 Å². The van der Waals surface area contributed by atoms with E-state index in [9.17, 15) is 13.2 Å². The molecule has 4 rings (SSSR count). The van der Waals surface area contributed by atoms with Crippen LogP contribution in [-0.4, -0.2) is 28.0 Å². The molecule has 0 amide bonds. The summed E-state index contributed by atoms with van der Waals surface area (Å²) in [4.78, 5) is 12.0. The molecular weight excluding hydrogens is 364 g/mol. The van der Waals surface area contributed by atoms with Crippen LogP contribution in [0.2, 0.25) is 0 Å². The number of esters is 1. The summed E-state index contributed by atoms with van der Waals surface area (Å²) in [5.74, 6) is 1.14. The number of nitrogens with one attached hydrogen (secondary N) is 1. The van der Waals surface area contributed by atoms with Gasteiger partial charge in [-0.1, -0.05) is 24.3 Å².